The van der Waals surface area contributed by atoms with Crippen molar-refractivity contribution in [3.63, 3.8) is 0 Å². The SMILES string of the molecule is CCCCOc1c(C(=O)OC)nn2c1C(=O)NCC2. The van der Waals surface area contributed by atoms with Crippen LogP contribution in [0.4, 0.5) is 0 Å². The maximum atomic E-state index is 11.9. The van der Waals surface area contributed by atoms with Crippen LogP contribution in [0.1, 0.15) is 40.7 Å². The summed E-state index contributed by atoms with van der Waals surface area (Å²) < 4.78 is 11.7. The molecule has 1 N–H and O–H groups in total. The van der Waals surface area contributed by atoms with Gasteiger partial charge < -0.3 is 14.8 Å². The lowest BCUT2D eigenvalue weighted by molar-refractivity contribution is 0.0588. The van der Waals surface area contributed by atoms with E-state index in [4.69, 9.17) is 4.74 Å². The lowest BCUT2D eigenvalue weighted by Gasteiger charge is -2.15. The van der Waals surface area contributed by atoms with Gasteiger partial charge in [0, 0.05) is 6.54 Å². The third kappa shape index (κ3) is 2.54. The molecule has 0 bridgehead atoms. The van der Waals surface area contributed by atoms with Gasteiger partial charge in [-0.05, 0) is 6.42 Å². The van der Waals surface area contributed by atoms with Crippen LogP contribution in [0.15, 0.2) is 0 Å². The van der Waals surface area contributed by atoms with Crippen molar-refractivity contribution >= 4 is 11.9 Å². The number of carbonyl (C=O) groups excluding carboxylic acids is 2. The maximum absolute atomic E-state index is 11.9. The van der Waals surface area contributed by atoms with Crippen LogP contribution in [0.2, 0.25) is 0 Å². The van der Waals surface area contributed by atoms with Crippen LogP contribution in [0.3, 0.4) is 0 Å². The molecule has 7 nitrogen and oxygen atoms in total. The number of nitrogens with zero attached hydrogens (tertiary/aromatic N) is 2. The number of hydrogen-bond donors (Lipinski definition) is 1. The Kier molecular flexibility index (Phi) is 4.03. The molecule has 2 heterocycles. The summed E-state index contributed by atoms with van der Waals surface area (Å²) in [5.74, 6) is -0.654. The van der Waals surface area contributed by atoms with E-state index in [1.54, 1.807) is 0 Å². The second-order valence-corrected chi connectivity index (χ2v) is 4.20. The zero-order chi connectivity index (χ0) is 13.8. The summed E-state index contributed by atoms with van der Waals surface area (Å²) >= 11 is 0. The first-order chi connectivity index (χ1) is 9.19. The van der Waals surface area contributed by atoms with Gasteiger partial charge in [-0.25, -0.2) is 4.79 Å². The van der Waals surface area contributed by atoms with E-state index in [-0.39, 0.29) is 17.4 Å². The van der Waals surface area contributed by atoms with Gasteiger partial charge in [-0.2, -0.15) is 5.10 Å². The molecule has 7 heteroatoms. The Bertz CT molecular complexity index is 495. The summed E-state index contributed by atoms with van der Waals surface area (Å²) in [6.07, 6.45) is 1.80. The molecule has 0 saturated carbocycles. The van der Waals surface area contributed by atoms with Gasteiger partial charge in [0.15, 0.2) is 11.4 Å². The number of aromatic nitrogens is 2. The van der Waals surface area contributed by atoms with Crippen LogP contribution in [0.5, 0.6) is 5.75 Å². The quantitative estimate of drug-likeness (QED) is 0.623. The number of carbonyl (C=O) groups is 2. The van der Waals surface area contributed by atoms with Crippen molar-refractivity contribution in [2.45, 2.75) is 26.3 Å². The molecule has 1 aliphatic heterocycles. The van der Waals surface area contributed by atoms with Crippen LogP contribution in [-0.4, -0.2) is 41.9 Å². The maximum Gasteiger partial charge on any atom is 0.362 e. The minimum absolute atomic E-state index is 0.0608. The number of ether oxygens (including phenoxy) is 2. The van der Waals surface area contributed by atoms with Crippen molar-refractivity contribution in [3.05, 3.63) is 11.4 Å². The molecule has 104 valence electrons. The minimum Gasteiger partial charge on any atom is -0.489 e. The third-order valence-electron chi connectivity index (χ3n) is 2.86. The highest BCUT2D eigenvalue weighted by Gasteiger charge is 2.31. The van der Waals surface area contributed by atoms with Gasteiger partial charge >= 0.3 is 5.97 Å². The summed E-state index contributed by atoms with van der Waals surface area (Å²) in [6.45, 7) is 3.47. The summed E-state index contributed by atoms with van der Waals surface area (Å²) in [5.41, 5.74) is 0.355. The number of rotatable bonds is 5. The number of fused-ring (bicyclic) bond motifs is 1. The van der Waals surface area contributed by atoms with Crippen LogP contribution in [0, 0.1) is 0 Å². The largest absolute Gasteiger partial charge is 0.489 e. The van der Waals surface area contributed by atoms with Crippen LogP contribution in [0.25, 0.3) is 0 Å². The monoisotopic (exact) mass is 267 g/mol. The van der Waals surface area contributed by atoms with Crippen LogP contribution in [-0.2, 0) is 11.3 Å². The normalized spacial score (nSPS) is 13.7. The number of esters is 1. The third-order valence-corrected chi connectivity index (χ3v) is 2.86. The first kappa shape index (κ1) is 13.4. The molecule has 19 heavy (non-hydrogen) atoms. The summed E-state index contributed by atoms with van der Waals surface area (Å²) in [6, 6.07) is 0. The highest BCUT2D eigenvalue weighted by atomic mass is 16.5. The average Bonchev–Trinajstić information content (AvgIpc) is 2.78. The molecule has 0 aliphatic carbocycles. The first-order valence-electron chi connectivity index (χ1n) is 6.29. The average molecular weight is 267 g/mol. The van der Waals surface area contributed by atoms with Crippen molar-refractivity contribution in [3.8, 4) is 5.75 Å². The van der Waals surface area contributed by atoms with Gasteiger partial charge in [-0.3, -0.25) is 9.48 Å². The Balaban J connectivity index is 2.37. The predicted octanol–water partition coefficient (Wildman–Crippen LogP) is 0.592. The molecule has 0 spiro atoms. The molecule has 0 aromatic carbocycles. The Hall–Kier alpha value is -2.05. The highest BCUT2D eigenvalue weighted by molar-refractivity contribution is 6.00. The Morgan fingerprint density at radius 1 is 1.53 bits per heavy atom. The Morgan fingerprint density at radius 2 is 2.32 bits per heavy atom. The van der Waals surface area contributed by atoms with E-state index in [9.17, 15) is 9.59 Å². The number of hydrogen-bond acceptors (Lipinski definition) is 5. The molecular weight excluding hydrogens is 250 g/mol. The Morgan fingerprint density at radius 3 is 3.00 bits per heavy atom. The molecule has 2 rings (SSSR count). The zero-order valence-corrected chi connectivity index (χ0v) is 11.1. The predicted molar refractivity (Wildman–Crippen MR) is 66.3 cm³/mol. The fraction of sp³-hybridized carbons (Fsp3) is 0.583. The van der Waals surface area contributed by atoms with Crippen molar-refractivity contribution in [2.75, 3.05) is 20.3 Å². The number of amides is 1. The smallest absolute Gasteiger partial charge is 0.362 e. The second kappa shape index (κ2) is 5.73. The number of unbranched alkanes of at least 4 members (excludes halogenated alkanes) is 1. The van der Waals surface area contributed by atoms with Gasteiger partial charge in [0.2, 0.25) is 5.69 Å². The molecule has 1 aromatic heterocycles. The Labute approximate surface area is 110 Å². The number of methoxy groups -OCH3 is 1. The lowest BCUT2D eigenvalue weighted by atomic mass is 10.2. The van der Waals surface area contributed by atoms with E-state index in [1.165, 1.54) is 11.8 Å². The second-order valence-electron chi connectivity index (χ2n) is 4.20. The van der Waals surface area contributed by atoms with Crippen molar-refractivity contribution in [2.24, 2.45) is 0 Å². The fourth-order valence-corrected chi connectivity index (χ4v) is 1.87. The van der Waals surface area contributed by atoms with Crippen molar-refractivity contribution < 1.29 is 19.1 Å². The van der Waals surface area contributed by atoms with E-state index < -0.39 is 5.97 Å². The molecule has 0 fully saturated rings. The van der Waals surface area contributed by atoms with Gasteiger partial charge in [0.25, 0.3) is 5.91 Å². The standard InChI is InChI=1S/C12H17N3O4/c1-3-4-7-19-10-8(12(17)18-2)14-15-6-5-13-11(16)9(10)15/h3-7H2,1-2H3,(H,13,16). The van der Waals surface area contributed by atoms with Gasteiger partial charge in [-0.1, -0.05) is 13.3 Å². The zero-order valence-electron chi connectivity index (χ0n) is 11.1. The molecule has 0 atom stereocenters. The molecule has 1 aromatic rings. The van der Waals surface area contributed by atoms with E-state index in [2.05, 4.69) is 15.2 Å². The summed E-state index contributed by atoms with van der Waals surface area (Å²) in [7, 11) is 1.27. The summed E-state index contributed by atoms with van der Waals surface area (Å²) in [5, 5.41) is 6.81. The fourth-order valence-electron chi connectivity index (χ4n) is 1.87. The molecule has 0 unspecified atom stereocenters. The number of nitrogens with one attached hydrogen (secondary N) is 1. The van der Waals surface area contributed by atoms with Gasteiger partial charge in [0.1, 0.15) is 0 Å². The topological polar surface area (TPSA) is 82.5 Å². The first-order valence-corrected chi connectivity index (χ1v) is 6.29. The van der Waals surface area contributed by atoms with E-state index >= 15 is 0 Å². The van der Waals surface area contributed by atoms with Crippen molar-refractivity contribution in [1.82, 2.24) is 15.1 Å². The van der Waals surface area contributed by atoms with Crippen LogP contribution < -0.4 is 10.1 Å². The van der Waals surface area contributed by atoms with E-state index in [0.717, 1.165) is 12.8 Å². The summed E-state index contributed by atoms with van der Waals surface area (Å²) in [4.78, 5) is 23.5. The molecule has 0 saturated heterocycles. The van der Waals surface area contributed by atoms with Crippen LogP contribution >= 0.6 is 0 Å². The van der Waals surface area contributed by atoms with E-state index in [0.29, 0.717) is 25.4 Å². The van der Waals surface area contributed by atoms with E-state index in [1.807, 2.05) is 6.92 Å². The lowest BCUT2D eigenvalue weighted by Crippen LogP contribution is -2.35. The van der Waals surface area contributed by atoms with Gasteiger partial charge in [-0.15, -0.1) is 0 Å². The highest BCUT2D eigenvalue weighted by Crippen LogP contribution is 2.26. The molecular formula is C12H17N3O4. The van der Waals surface area contributed by atoms with Gasteiger partial charge in [0.05, 0.1) is 20.3 Å². The molecule has 1 amide bonds. The van der Waals surface area contributed by atoms with Crippen molar-refractivity contribution in [1.29, 1.82) is 0 Å². The minimum atomic E-state index is -0.596. The molecule has 1 aliphatic rings. The molecule has 0 radical (unpaired) electrons.